The Kier molecular flexibility index (Phi) is 2.99. The fourth-order valence-corrected chi connectivity index (χ4v) is 3.27. The summed E-state index contributed by atoms with van der Waals surface area (Å²) in [5, 5.41) is 11.0. The van der Waals surface area contributed by atoms with E-state index >= 15 is 0 Å². The number of fused-ring (bicyclic) bond motifs is 6. The maximum atomic E-state index is 11.0. The van der Waals surface area contributed by atoms with Crippen molar-refractivity contribution in [1.29, 1.82) is 0 Å². The molecule has 5 rings (SSSR count). The van der Waals surface area contributed by atoms with Crippen LogP contribution in [-0.2, 0) is 0 Å². The average Bonchev–Trinajstić information content (AvgIpc) is 3.18. The third-order valence-electron chi connectivity index (χ3n) is 4.52. The molecule has 0 aliphatic carbocycles. The number of aromatic carboxylic acids is 1. The Bertz CT molecular complexity index is 1310. The van der Waals surface area contributed by atoms with Crippen molar-refractivity contribution >= 4 is 38.8 Å². The van der Waals surface area contributed by atoms with Crippen molar-refractivity contribution in [2.24, 2.45) is 0 Å². The van der Waals surface area contributed by atoms with Gasteiger partial charge in [-0.25, -0.2) is 14.8 Å². The van der Waals surface area contributed by atoms with E-state index in [1.54, 1.807) is 36.8 Å². The maximum absolute atomic E-state index is 11.0. The summed E-state index contributed by atoms with van der Waals surface area (Å²) >= 11 is 0. The number of carbonyl (C=O) groups is 1. The highest BCUT2D eigenvalue weighted by Crippen LogP contribution is 2.32. The number of rotatable bonds is 2. The third kappa shape index (κ3) is 2.05. The zero-order valence-corrected chi connectivity index (χ0v) is 13.5. The molecule has 0 saturated heterocycles. The van der Waals surface area contributed by atoms with Gasteiger partial charge in [0.1, 0.15) is 0 Å². The molecule has 0 unspecified atom stereocenters. The monoisotopic (exact) mass is 340 g/mol. The number of aromatic nitrogens is 4. The van der Waals surface area contributed by atoms with E-state index in [0.717, 1.165) is 44.1 Å². The summed E-state index contributed by atoms with van der Waals surface area (Å²) < 4.78 is 0. The van der Waals surface area contributed by atoms with Crippen LogP contribution >= 0.6 is 0 Å². The van der Waals surface area contributed by atoms with Gasteiger partial charge in [0.15, 0.2) is 0 Å². The topological polar surface area (TPSA) is 91.8 Å². The molecule has 2 aromatic carbocycles. The van der Waals surface area contributed by atoms with Crippen LogP contribution in [0.15, 0.2) is 61.1 Å². The predicted octanol–water partition coefficient (Wildman–Crippen LogP) is 4.02. The summed E-state index contributed by atoms with van der Waals surface area (Å²) in [6, 6.07) is 14.5. The van der Waals surface area contributed by atoms with Gasteiger partial charge < -0.3 is 10.1 Å². The summed E-state index contributed by atoms with van der Waals surface area (Å²) in [7, 11) is 0. The molecule has 0 aliphatic heterocycles. The van der Waals surface area contributed by atoms with E-state index in [-0.39, 0.29) is 5.56 Å². The summed E-state index contributed by atoms with van der Waals surface area (Å²) in [6.07, 6.45) is 3.42. The molecule has 0 spiro atoms. The van der Waals surface area contributed by atoms with E-state index in [1.165, 1.54) is 0 Å². The smallest absolute Gasteiger partial charge is 0.335 e. The SMILES string of the molecule is O=C(O)c1ccc(-c2ccc3c(n2)c2ncccc2c2nc[nH]c32)cc1. The lowest BCUT2D eigenvalue weighted by atomic mass is 10.0. The summed E-state index contributed by atoms with van der Waals surface area (Å²) in [5.74, 6) is -0.945. The van der Waals surface area contributed by atoms with Crippen molar-refractivity contribution in [3.8, 4) is 11.3 Å². The van der Waals surface area contributed by atoms with Gasteiger partial charge in [-0.1, -0.05) is 12.1 Å². The fourth-order valence-electron chi connectivity index (χ4n) is 3.27. The molecule has 0 saturated carbocycles. The van der Waals surface area contributed by atoms with Crippen LogP contribution in [-0.4, -0.2) is 31.0 Å². The molecule has 5 aromatic rings. The summed E-state index contributed by atoms with van der Waals surface area (Å²) in [5.41, 5.74) is 5.26. The first-order chi connectivity index (χ1) is 12.7. The molecular formula is C20H12N4O2. The number of hydrogen-bond donors (Lipinski definition) is 2. The van der Waals surface area contributed by atoms with Crippen LogP contribution in [0, 0.1) is 0 Å². The first-order valence-electron chi connectivity index (χ1n) is 8.06. The first-order valence-corrected chi connectivity index (χ1v) is 8.06. The molecule has 0 radical (unpaired) electrons. The minimum Gasteiger partial charge on any atom is -0.478 e. The van der Waals surface area contributed by atoms with Crippen LogP contribution in [0.25, 0.3) is 44.1 Å². The highest BCUT2D eigenvalue weighted by atomic mass is 16.4. The van der Waals surface area contributed by atoms with Crippen molar-refractivity contribution in [1.82, 2.24) is 19.9 Å². The minimum atomic E-state index is -0.945. The lowest BCUT2D eigenvalue weighted by Gasteiger charge is -2.07. The van der Waals surface area contributed by atoms with E-state index in [9.17, 15) is 4.79 Å². The Morgan fingerprint density at radius 1 is 0.885 bits per heavy atom. The highest BCUT2D eigenvalue weighted by Gasteiger charge is 2.13. The molecule has 26 heavy (non-hydrogen) atoms. The van der Waals surface area contributed by atoms with Crippen LogP contribution < -0.4 is 0 Å². The van der Waals surface area contributed by atoms with Gasteiger partial charge in [0.05, 0.1) is 39.7 Å². The second-order valence-corrected chi connectivity index (χ2v) is 6.00. The third-order valence-corrected chi connectivity index (χ3v) is 4.52. The first kappa shape index (κ1) is 14.5. The average molecular weight is 340 g/mol. The number of carboxylic acid groups (broad SMARTS) is 1. The standard InChI is InChI=1S/C20H12N4O2/c25-20(26)12-5-3-11(4-6-12)15-8-7-14-17-16(22-10-23-17)13-2-1-9-21-18(13)19(14)24-15/h1-10H,(H,22,23)(H,25,26). The van der Waals surface area contributed by atoms with E-state index in [2.05, 4.69) is 15.0 Å². The Hall–Kier alpha value is -3.80. The zero-order valence-electron chi connectivity index (χ0n) is 13.5. The Morgan fingerprint density at radius 2 is 1.73 bits per heavy atom. The maximum Gasteiger partial charge on any atom is 0.335 e. The number of imidazole rings is 1. The van der Waals surface area contributed by atoms with Crippen LogP contribution in [0.4, 0.5) is 0 Å². The van der Waals surface area contributed by atoms with E-state index in [4.69, 9.17) is 10.1 Å². The van der Waals surface area contributed by atoms with Crippen LogP contribution in [0.3, 0.4) is 0 Å². The van der Waals surface area contributed by atoms with Gasteiger partial charge in [-0.15, -0.1) is 0 Å². The molecule has 2 N–H and O–H groups in total. The van der Waals surface area contributed by atoms with Crippen molar-refractivity contribution in [2.45, 2.75) is 0 Å². The Labute approximate surface area is 147 Å². The molecule has 0 amide bonds. The molecule has 0 aliphatic rings. The molecular weight excluding hydrogens is 328 g/mol. The number of aromatic amines is 1. The van der Waals surface area contributed by atoms with Gasteiger partial charge >= 0.3 is 5.97 Å². The number of nitrogens with one attached hydrogen (secondary N) is 1. The van der Waals surface area contributed by atoms with Crippen LogP contribution in [0.1, 0.15) is 10.4 Å². The summed E-state index contributed by atoms with van der Waals surface area (Å²) in [4.78, 5) is 28.0. The van der Waals surface area contributed by atoms with Gasteiger partial charge in [0.25, 0.3) is 0 Å². The second kappa shape index (κ2) is 5.35. The molecule has 124 valence electrons. The van der Waals surface area contributed by atoms with Gasteiger partial charge in [-0.3, -0.25) is 4.98 Å². The number of pyridine rings is 2. The molecule has 3 heterocycles. The molecule has 6 heteroatoms. The van der Waals surface area contributed by atoms with Crippen LogP contribution in [0.2, 0.25) is 0 Å². The molecule has 3 aromatic heterocycles. The van der Waals surface area contributed by atoms with E-state index < -0.39 is 5.97 Å². The van der Waals surface area contributed by atoms with Gasteiger partial charge in [0, 0.05) is 22.5 Å². The predicted molar refractivity (Wildman–Crippen MR) is 99.1 cm³/mol. The van der Waals surface area contributed by atoms with Gasteiger partial charge in [-0.05, 0) is 36.4 Å². The lowest BCUT2D eigenvalue weighted by Crippen LogP contribution is -1.95. The van der Waals surface area contributed by atoms with Gasteiger partial charge in [0.2, 0.25) is 0 Å². The largest absolute Gasteiger partial charge is 0.478 e. The normalized spacial score (nSPS) is 11.4. The molecule has 0 bridgehead atoms. The number of benzene rings is 2. The molecule has 0 atom stereocenters. The quantitative estimate of drug-likeness (QED) is 0.473. The number of hydrogen-bond acceptors (Lipinski definition) is 4. The highest BCUT2D eigenvalue weighted by molar-refractivity contribution is 6.20. The Morgan fingerprint density at radius 3 is 2.54 bits per heavy atom. The lowest BCUT2D eigenvalue weighted by molar-refractivity contribution is 0.0697. The number of H-pyrrole nitrogens is 1. The van der Waals surface area contributed by atoms with E-state index in [1.807, 2.05) is 24.3 Å². The second-order valence-electron chi connectivity index (χ2n) is 6.00. The van der Waals surface area contributed by atoms with Crippen molar-refractivity contribution in [3.63, 3.8) is 0 Å². The minimum absolute atomic E-state index is 0.251. The molecule has 6 nitrogen and oxygen atoms in total. The van der Waals surface area contributed by atoms with E-state index in [0.29, 0.717) is 0 Å². The Balaban J connectivity index is 1.80. The van der Waals surface area contributed by atoms with Crippen LogP contribution in [0.5, 0.6) is 0 Å². The van der Waals surface area contributed by atoms with Crippen molar-refractivity contribution in [2.75, 3.05) is 0 Å². The van der Waals surface area contributed by atoms with Gasteiger partial charge in [-0.2, -0.15) is 0 Å². The number of carboxylic acids is 1. The zero-order chi connectivity index (χ0) is 17.7. The van der Waals surface area contributed by atoms with Crippen molar-refractivity contribution in [3.05, 3.63) is 66.6 Å². The summed E-state index contributed by atoms with van der Waals surface area (Å²) in [6.45, 7) is 0. The van der Waals surface area contributed by atoms with Crippen molar-refractivity contribution < 1.29 is 9.90 Å². The number of nitrogens with zero attached hydrogens (tertiary/aromatic N) is 3. The molecule has 0 fully saturated rings. The fraction of sp³-hybridized carbons (Fsp3) is 0.